The van der Waals surface area contributed by atoms with Crippen molar-refractivity contribution in [3.63, 3.8) is 0 Å². The lowest BCUT2D eigenvalue weighted by atomic mass is 9.99. The second-order valence-electron chi connectivity index (χ2n) is 3.51. The quantitative estimate of drug-likeness (QED) is 0.537. The standard InChI is InChI=1S/C11H19ClO/c1-9(8-13)7-11(3)10(2)5-4-6-12/h4-5,9,13H,6-8H2,1-3H3/b5-4-,11-10+/t9-/m1/s1. The van der Waals surface area contributed by atoms with Crippen LogP contribution in [0.3, 0.4) is 0 Å². The topological polar surface area (TPSA) is 20.2 Å². The molecule has 1 nitrogen and oxygen atoms in total. The first kappa shape index (κ1) is 12.7. The molecule has 0 fully saturated rings. The van der Waals surface area contributed by atoms with Gasteiger partial charge in [0, 0.05) is 12.5 Å². The third-order valence-electron chi connectivity index (χ3n) is 2.10. The molecule has 0 saturated carbocycles. The number of hydrogen-bond donors (Lipinski definition) is 1. The molecular formula is C11H19ClO. The lowest BCUT2D eigenvalue weighted by molar-refractivity contribution is 0.236. The molecule has 0 bridgehead atoms. The van der Waals surface area contributed by atoms with Crippen LogP contribution in [0.25, 0.3) is 0 Å². The Morgan fingerprint density at radius 1 is 1.46 bits per heavy atom. The molecule has 0 rings (SSSR count). The van der Waals surface area contributed by atoms with Crippen molar-refractivity contribution in [2.24, 2.45) is 5.92 Å². The van der Waals surface area contributed by atoms with Crippen molar-refractivity contribution < 1.29 is 5.11 Å². The maximum Gasteiger partial charge on any atom is 0.0459 e. The molecule has 0 aliphatic carbocycles. The van der Waals surface area contributed by atoms with E-state index in [9.17, 15) is 0 Å². The fourth-order valence-corrected chi connectivity index (χ4v) is 1.20. The molecular weight excluding hydrogens is 184 g/mol. The molecule has 0 aliphatic heterocycles. The first-order chi connectivity index (χ1) is 6.11. The van der Waals surface area contributed by atoms with E-state index in [4.69, 9.17) is 16.7 Å². The highest BCUT2D eigenvalue weighted by Crippen LogP contribution is 2.15. The molecule has 0 radical (unpaired) electrons. The fourth-order valence-electron chi connectivity index (χ4n) is 1.11. The molecule has 0 aromatic carbocycles. The molecule has 0 aliphatic rings. The number of rotatable bonds is 5. The zero-order valence-corrected chi connectivity index (χ0v) is 9.43. The first-order valence-corrected chi connectivity index (χ1v) is 5.15. The van der Waals surface area contributed by atoms with Gasteiger partial charge in [-0.25, -0.2) is 0 Å². The Hall–Kier alpha value is -0.270. The van der Waals surface area contributed by atoms with E-state index in [-0.39, 0.29) is 6.61 Å². The highest BCUT2D eigenvalue weighted by Gasteiger charge is 2.02. The highest BCUT2D eigenvalue weighted by atomic mass is 35.5. The predicted octanol–water partition coefficient (Wildman–Crippen LogP) is 3.14. The summed E-state index contributed by atoms with van der Waals surface area (Å²) in [6.07, 6.45) is 4.92. The average Bonchev–Trinajstić information content (AvgIpc) is 2.13. The van der Waals surface area contributed by atoms with Gasteiger partial charge in [-0.1, -0.05) is 30.2 Å². The summed E-state index contributed by atoms with van der Waals surface area (Å²) in [5, 5.41) is 8.88. The summed E-state index contributed by atoms with van der Waals surface area (Å²) in [6.45, 7) is 6.47. The first-order valence-electron chi connectivity index (χ1n) is 4.61. The highest BCUT2D eigenvalue weighted by molar-refractivity contribution is 6.18. The van der Waals surface area contributed by atoms with Crippen molar-refractivity contribution in [3.05, 3.63) is 23.3 Å². The minimum Gasteiger partial charge on any atom is -0.396 e. The van der Waals surface area contributed by atoms with Gasteiger partial charge in [-0.05, 0) is 26.2 Å². The van der Waals surface area contributed by atoms with Crippen LogP contribution in [-0.4, -0.2) is 17.6 Å². The van der Waals surface area contributed by atoms with Crippen molar-refractivity contribution in [3.8, 4) is 0 Å². The van der Waals surface area contributed by atoms with Crippen LogP contribution in [0.2, 0.25) is 0 Å². The van der Waals surface area contributed by atoms with Gasteiger partial charge in [-0.2, -0.15) is 0 Å². The van der Waals surface area contributed by atoms with Crippen LogP contribution in [-0.2, 0) is 0 Å². The zero-order valence-electron chi connectivity index (χ0n) is 8.68. The van der Waals surface area contributed by atoms with Crippen molar-refractivity contribution in [2.45, 2.75) is 27.2 Å². The van der Waals surface area contributed by atoms with Crippen LogP contribution in [0.5, 0.6) is 0 Å². The van der Waals surface area contributed by atoms with Crippen molar-refractivity contribution in [1.29, 1.82) is 0 Å². The van der Waals surface area contributed by atoms with Crippen molar-refractivity contribution >= 4 is 11.6 Å². The van der Waals surface area contributed by atoms with Gasteiger partial charge >= 0.3 is 0 Å². The summed E-state index contributed by atoms with van der Waals surface area (Å²) in [5.41, 5.74) is 2.57. The molecule has 0 aromatic heterocycles. The SMILES string of the molecule is CC(/C=C\CCl)=C(/C)C[C@@H](C)CO. The third kappa shape index (κ3) is 5.89. The molecule has 0 saturated heterocycles. The lowest BCUT2D eigenvalue weighted by Crippen LogP contribution is -2.01. The fraction of sp³-hybridized carbons (Fsp3) is 0.636. The van der Waals surface area contributed by atoms with Gasteiger partial charge in [0.15, 0.2) is 0 Å². The Morgan fingerprint density at radius 2 is 2.08 bits per heavy atom. The Balaban J connectivity index is 4.18. The minimum absolute atomic E-state index is 0.254. The lowest BCUT2D eigenvalue weighted by Gasteiger charge is -2.09. The van der Waals surface area contributed by atoms with Crippen molar-refractivity contribution in [1.82, 2.24) is 0 Å². The van der Waals surface area contributed by atoms with Gasteiger partial charge < -0.3 is 5.11 Å². The second-order valence-corrected chi connectivity index (χ2v) is 3.82. The largest absolute Gasteiger partial charge is 0.396 e. The molecule has 13 heavy (non-hydrogen) atoms. The van der Waals surface area contributed by atoms with Gasteiger partial charge in [-0.3, -0.25) is 0 Å². The number of aliphatic hydroxyl groups excluding tert-OH is 1. The average molecular weight is 203 g/mol. The Labute approximate surface area is 86.1 Å². The molecule has 1 atom stereocenters. The van der Waals surface area contributed by atoms with E-state index < -0.39 is 0 Å². The summed E-state index contributed by atoms with van der Waals surface area (Å²) < 4.78 is 0. The Morgan fingerprint density at radius 3 is 2.54 bits per heavy atom. The molecule has 0 heterocycles. The van der Waals surface area contributed by atoms with Crippen LogP contribution >= 0.6 is 11.6 Å². The minimum atomic E-state index is 0.254. The third-order valence-corrected chi connectivity index (χ3v) is 2.27. The molecule has 0 spiro atoms. The van der Waals surface area contributed by atoms with Gasteiger partial charge in [0.05, 0.1) is 0 Å². The van der Waals surface area contributed by atoms with E-state index >= 15 is 0 Å². The van der Waals surface area contributed by atoms with E-state index in [0.717, 1.165) is 6.42 Å². The summed E-state index contributed by atoms with van der Waals surface area (Å²) >= 11 is 5.53. The van der Waals surface area contributed by atoms with Gasteiger partial charge in [0.2, 0.25) is 0 Å². The number of allylic oxidation sites excluding steroid dienone is 4. The number of alkyl halides is 1. The maximum absolute atomic E-state index is 8.88. The molecule has 2 heteroatoms. The molecule has 0 unspecified atom stereocenters. The normalized spacial score (nSPS) is 16.1. The van der Waals surface area contributed by atoms with Gasteiger partial charge in [-0.15, -0.1) is 11.6 Å². The van der Waals surface area contributed by atoms with Crippen LogP contribution < -0.4 is 0 Å². The zero-order chi connectivity index (χ0) is 10.3. The maximum atomic E-state index is 8.88. The van der Waals surface area contributed by atoms with E-state index in [1.165, 1.54) is 11.1 Å². The summed E-state index contributed by atoms with van der Waals surface area (Å²) in [7, 11) is 0. The van der Waals surface area contributed by atoms with Crippen LogP contribution in [0.15, 0.2) is 23.3 Å². The summed E-state index contributed by atoms with van der Waals surface area (Å²) in [4.78, 5) is 0. The van der Waals surface area contributed by atoms with Crippen LogP contribution in [0.1, 0.15) is 27.2 Å². The predicted molar refractivity (Wildman–Crippen MR) is 59.1 cm³/mol. The van der Waals surface area contributed by atoms with E-state index in [0.29, 0.717) is 11.8 Å². The van der Waals surface area contributed by atoms with Gasteiger partial charge in [0.25, 0.3) is 0 Å². The van der Waals surface area contributed by atoms with Crippen LogP contribution in [0.4, 0.5) is 0 Å². The van der Waals surface area contributed by atoms with E-state index in [2.05, 4.69) is 13.8 Å². The Kier molecular flexibility index (Phi) is 7.02. The van der Waals surface area contributed by atoms with Gasteiger partial charge in [0.1, 0.15) is 0 Å². The van der Waals surface area contributed by atoms with Crippen molar-refractivity contribution in [2.75, 3.05) is 12.5 Å². The summed E-state index contributed by atoms with van der Waals surface area (Å²) in [5.74, 6) is 0.902. The smallest absolute Gasteiger partial charge is 0.0459 e. The molecule has 0 aromatic rings. The van der Waals surface area contributed by atoms with E-state index in [1.807, 2.05) is 19.1 Å². The molecule has 76 valence electrons. The number of hydrogen-bond acceptors (Lipinski definition) is 1. The summed E-state index contributed by atoms with van der Waals surface area (Å²) in [6, 6.07) is 0. The number of halogens is 1. The Bertz CT molecular complexity index is 194. The molecule has 1 N–H and O–H groups in total. The monoisotopic (exact) mass is 202 g/mol. The second kappa shape index (κ2) is 7.16. The van der Waals surface area contributed by atoms with E-state index in [1.54, 1.807) is 0 Å². The number of aliphatic hydroxyl groups is 1. The van der Waals surface area contributed by atoms with Crippen LogP contribution in [0, 0.1) is 5.92 Å². The molecule has 0 amide bonds.